The van der Waals surface area contributed by atoms with Crippen LogP contribution in [-0.4, -0.2) is 24.9 Å². The average molecular weight is 224 g/mol. The molecule has 0 spiro atoms. The quantitative estimate of drug-likeness (QED) is 0.664. The molecule has 3 rings (SSSR count). The number of pyridine rings is 1. The van der Waals surface area contributed by atoms with Crippen molar-refractivity contribution >= 4 is 17.0 Å². The van der Waals surface area contributed by atoms with E-state index in [1.807, 2.05) is 12.1 Å². The van der Waals surface area contributed by atoms with Crippen LogP contribution in [0.1, 0.15) is 0 Å². The minimum Gasteiger partial charge on any atom is -0.382 e. The number of nitrogens with two attached hydrogens (primary N) is 1. The monoisotopic (exact) mass is 224 g/mol. The Hall–Kier alpha value is -2.63. The fourth-order valence-electron chi connectivity index (χ4n) is 1.52. The molecule has 0 unspecified atom stereocenters. The predicted molar refractivity (Wildman–Crippen MR) is 62.8 cm³/mol. The number of nitrogens with zero attached hydrogens (tertiary/aromatic N) is 5. The third-order valence-electron chi connectivity index (χ3n) is 2.30. The van der Waals surface area contributed by atoms with E-state index in [4.69, 9.17) is 5.73 Å². The molecule has 3 aromatic heterocycles. The van der Waals surface area contributed by atoms with Crippen molar-refractivity contribution in [1.82, 2.24) is 24.9 Å². The number of fused-ring (bicyclic) bond motifs is 1. The van der Waals surface area contributed by atoms with Crippen LogP contribution in [0.5, 0.6) is 0 Å². The van der Waals surface area contributed by atoms with Gasteiger partial charge < -0.3 is 5.73 Å². The Kier molecular flexibility index (Phi) is 2.11. The molecule has 2 N–H and O–H groups in total. The Balaban J connectivity index is 2.26. The number of rotatable bonds is 1. The standard InChI is InChI=1S/C11H8N6/c12-9-8-11(15-6-5-14-8)17-10(16-9)7-1-3-13-4-2-7/h1-6H,(H2,12,15,16,17). The third-order valence-corrected chi connectivity index (χ3v) is 2.30. The summed E-state index contributed by atoms with van der Waals surface area (Å²) < 4.78 is 0. The summed E-state index contributed by atoms with van der Waals surface area (Å²) in [5.74, 6) is 0.854. The minimum absolute atomic E-state index is 0.329. The van der Waals surface area contributed by atoms with Crippen LogP contribution in [0, 0.1) is 0 Å². The van der Waals surface area contributed by atoms with Gasteiger partial charge in [-0.15, -0.1) is 0 Å². The van der Waals surface area contributed by atoms with Crippen LogP contribution in [0.2, 0.25) is 0 Å². The third kappa shape index (κ3) is 1.65. The van der Waals surface area contributed by atoms with Gasteiger partial charge in [0.2, 0.25) is 0 Å². The highest BCUT2D eigenvalue weighted by Gasteiger charge is 2.08. The van der Waals surface area contributed by atoms with Crippen molar-refractivity contribution in [2.75, 3.05) is 5.73 Å². The first-order valence-corrected chi connectivity index (χ1v) is 4.99. The van der Waals surface area contributed by atoms with Gasteiger partial charge in [0.05, 0.1) is 0 Å². The molecule has 0 saturated carbocycles. The molecule has 0 radical (unpaired) electrons. The Labute approximate surface area is 96.6 Å². The van der Waals surface area contributed by atoms with E-state index in [0.717, 1.165) is 5.56 Å². The van der Waals surface area contributed by atoms with Gasteiger partial charge in [-0.25, -0.2) is 19.9 Å². The molecule has 0 atom stereocenters. The summed E-state index contributed by atoms with van der Waals surface area (Å²) in [4.78, 5) is 20.7. The van der Waals surface area contributed by atoms with E-state index in [0.29, 0.717) is 22.8 Å². The van der Waals surface area contributed by atoms with Gasteiger partial charge in [0, 0.05) is 30.4 Å². The normalized spacial score (nSPS) is 10.6. The van der Waals surface area contributed by atoms with E-state index >= 15 is 0 Å². The first kappa shape index (κ1) is 9.59. The van der Waals surface area contributed by atoms with Crippen LogP contribution in [0.4, 0.5) is 5.82 Å². The number of anilines is 1. The topological polar surface area (TPSA) is 90.5 Å². The van der Waals surface area contributed by atoms with Crippen molar-refractivity contribution < 1.29 is 0 Å². The molecule has 3 heterocycles. The molecule has 0 saturated heterocycles. The van der Waals surface area contributed by atoms with Crippen LogP contribution in [-0.2, 0) is 0 Å². The summed E-state index contributed by atoms with van der Waals surface area (Å²) in [7, 11) is 0. The number of aromatic nitrogens is 5. The van der Waals surface area contributed by atoms with Gasteiger partial charge in [0.15, 0.2) is 17.3 Å². The van der Waals surface area contributed by atoms with E-state index in [1.165, 1.54) is 0 Å². The van der Waals surface area contributed by atoms with E-state index in [9.17, 15) is 0 Å². The van der Waals surface area contributed by atoms with Crippen LogP contribution in [0.25, 0.3) is 22.6 Å². The van der Waals surface area contributed by atoms with Crippen molar-refractivity contribution in [1.29, 1.82) is 0 Å². The summed E-state index contributed by atoms with van der Waals surface area (Å²) in [5.41, 5.74) is 7.68. The smallest absolute Gasteiger partial charge is 0.184 e. The maximum absolute atomic E-state index is 5.83. The van der Waals surface area contributed by atoms with Gasteiger partial charge in [-0.2, -0.15) is 0 Å². The summed E-state index contributed by atoms with van der Waals surface area (Å²) in [6.45, 7) is 0. The van der Waals surface area contributed by atoms with Crippen molar-refractivity contribution in [2.45, 2.75) is 0 Å². The maximum atomic E-state index is 5.83. The summed E-state index contributed by atoms with van der Waals surface area (Å²) in [6.07, 6.45) is 6.49. The SMILES string of the molecule is Nc1nc(-c2ccncc2)nc2nccnc12. The fraction of sp³-hybridized carbons (Fsp3) is 0. The second kappa shape index (κ2) is 3.75. The van der Waals surface area contributed by atoms with Gasteiger partial charge >= 0.3 is 0 Å². The minimum atomic E-state index is 0.329. The molecule has 17 heavy (non-hydrogen) atoms. The Morgan fingerprint density at radius 3 is 2.47 bits per heavy atom. The average Bonchev–Trinajstić information content (AvgIpc) is 2.40. The molecule has 3 aromatic rings. The molecule has 0 bridgehead atoms. The number of hydrogen-bond acceptors (Lipinski definition) is 6. The molecule has 0 fully saturated rings. The molecule has 0 aromatic carbocycles. The van der Waals surface area contributed by atoms with Gasteiger partial charge in [0.1, 0.15) is 5.52 Å². The van der Waals surface area contributed by atoms with Gasteiger partial charge in [-0.3, -0.25) is 4.98 Å². The molecule has 6 heteroatoms. The lowest BCUT2D eigenvalue weighted by Crippen LogP contribution is -2.00. The van der Waals surface area contributed by atoms with Crippen LogP contribution < -0.4 is 5.73 Å². The molecular formula is C11H8N6. The molecule has 0 aliphatic rings. The lowest BCUT2D eigenvalue weighted by Gasteiger charge is -2.03. The summed E-state index contributed by atoms with van der Waals surface area (Å²) >= 11 is 0. The van der Waals surface area contributed by atoms with Crippen molar-refractivity contribution in [3.05, 3.63) is 36.9 Å². The van der Waals surface area contributed by atoms with Gasteiger partial charge in [0.25, 0.3) is 0 Å². The van der Waals surface area contributed by atoms with E-state index in [2.05, 4.69) is 24.9 Å². The van der Waals surface area contributed by atoms with Crippen molar-refractivity contribution in [2.24, 2.45) is 0 Å². The fourth-order valence-corrected chi connectivity index (χ4v) is 1.52. The highest BCUT2D eigenvalue weighted by molar-refractivity contribution is 5.82. The zero-order chi connectivity index (χ0) is 11.7. The molecule has 0 aliphatic carbocycles. The highest BCUT2D eigenvalue weighted by atomic mass is 15.0. The predicted octanol–water partition coefficient (Wildman–Crippen LogP) is 1.06. The molecule has 0 amide bonds. The molecule has 82 valence electrons. The maximum Gasteiger partial charge on any atom is 0.184 e. The second-order valence-corrected chi connectivity index (χ2v) is 3.40. The van der Waals surface area contributed by atoms with Crippen molar-refractivity contribution in [3.63, 3.8) is 0 Å². The Morgan fingerprint density at radius 2 is 1.65 bits per heavy atom. The van der Waals surface area contributed by atoms with E-state index in [-0.39, 0.29) is 0 Å². The van der Waals surface area contributed by atoms with Crippen LogP contribution in [0.15, 0.2) is 36.9 Å². The van der Waals surface area contributed by atoms with E-state index in [1.54, 1.807) is 24.8 Å². The highest BCUT2D eigenvalue weighted by Crippen LogP contribution is 2.19. The van der Waals surface area contributed by atoms with Gasteiger partial charge in [-0.1, -0.05) is 0 Å². The van der Waals surface area contributed by atoms with E-state index < -0.39 is 0 Å². The molecule has 0 aliphatic heterocycles. The van der Waals surface area contributed by atoms with Gasteiger partial charge in [-0.05, 0) is 12.1 Å². The number of hydrogen-bond donors (Lipinski definition) is 1. The first-order chi connectivity index (χ1) is 8.34. The summed E-state index contributed by atoms with van der Waals surface area (Å²) in [6, 6.07) is 3.63. The number of nitrogen functional groups attached to an aromatic ring is 1. The molecule has 6 nitrogen and oxygen atoms in total. The lowest BCUT2D eigenvalue weighted by atomic mass is 10.2. The largest absolute Gasteiger partial charge is 0.382 e. The first-order valence-electron chi connectivity index (χ1n) is 4.99. The zero-order valence-electron chi connectivity index (χ0n) is 8.78. The second-order valence-electron chi connectivity index (χ2n) is 3.40. The summed E-state index contributed by atoms with van der Waals surface area (Å²) in [5, 5.41) is 0. The Morgan fingerprint density at radius 1 is 0.882 bits per heavy atom. The zero-order valence-corrected chi connectivity index (χ0v) is 8.78. The van der Waals surface area contributed by atoms with Crippen LogP contribution in [0.3, 0.4) is 0 Å². The lowest BCUT2D eigenvalue weighted by molar-refractivity contribution is 1.15. The van der Waals surface area contributed by atoms with Crippen LogP contribution >= 0.6 is 0 Å². The van der Waals surface area contributed by atoms with Crippen molar-refractivity contribution in [3.8, 4) is 11.4 Å². The Bertz CT molecular complexity index is 667. The molecular weight excluding hydrogens is 216 g/mol.